The SMILES string of the molecule is Cc1cc(F)cc(CNc2ccc3[nH]nc(C=Cc4ccccn4)c3c2)c1. The zero-order chi connectivity index (χ0) is 18.6. The maximum Gasteiger partial charge on any atom is 0.123 e. The van der Waals surface area contributed by atoms with Crippen molar-refractivity contribution in [2.45, 2.75) is 13.5 Å². The van der Waals surface area contributed by atoms with E-state index < -0.39 is 0 Å². The van der Waals surface area contributed by atoms with Gasteiger partial charge in [0.1, 0.15) is 5.82 Å². The minimum atomic E-state index is -0.209. The molecule has 0 aliphatic carbocycles. The summed E-state index contributed by atoms with van der Waals surface area (Å²) in [5.74, 6) is -0.209. The summed E-state index contributed by atoms with van der Waals surface area (Å²) in [5.41, 5.74) is 5.47. The fourth-order valence-corrected chi connectivity index (χ4v) is 3.03. The van der Waals surface area contributed by atoms with Crippen molar-refractivity contribution < 1.29 is 4.39 Å². The van der Waals surface area contributed by atoms with Crippen molar-refractivity contribution in [1.29, 1.82) is 0 Å². The maximum absolute atomic E-state index is 13.5. The smallest absolute Gasteiger partial charge is 0.123 e. The molecule has 0 spiro atoms. The molecule has 2 heterocycles. The highest BCUT2D eigenvalue weighted by molar-refractivity contribution is 5.91. The molecule has 0 saturated heterocycles. The number of hydrogen-bond acceptors (Lipinski definition) is 3. The van der Waals surface area contributed by atoms with Crippen LogP contribution in [0.25, 0.3) is 23.1 Å². The number of aromatic amines is 1. The van der Waals surface area contributed by atoms with Gasteiger partial charge in [-0.2, -0.15) is 5.10 Å². The average molecular weight is 358 g/mol. The number of nitrogens with one attached hydrogen (secondary N) is 2. The largest absolute Gasteiger partial charge is 0.381 e. The first-order chi connectivity index (χ1) is 13.2. The van der Waals surface area contributed by atoms with E-state index in [0.29, 0.717) is 6.54 Å². The van der Waals surface area contributed by atoms with Gasteiger partial charge in [-0.05, 0) is 72.7 Å². The van der Waals surface area contributed by atoms with Gasteiger partial charge in [0.25, 0.3) is 0 Å². The Bertz CT molecular complexity index is 1080. The van der Waals surface area contributed by atoms with Gasteiger partial charge in [0.15, 0.2) is 0 Å². The number of nitrogens with zero attached hydrogens (tertiary/aromatic N) is 2. The molecule has 2 N–H and O–H groups in total. The second kappa shape index (κ2) is 7.41. The molecule has 4 nitrogen and oxygen atoms in total. The molecule has 4 rings (SSSR count). The molecule has 2 aromatic heterocycles. The summed E-state index contributed by atoms with van der Waals surface area (Å²) in [7, 11) is 0. The number of pyridine rings is 1. The Kier molecular flexibility index (Phi) is 4.66. The van der Waals surface area contributed by atoms with Gasteiger partial charge in [-0.3, -0.25) is 10.1 Å². The number of aromatic nitrogens is 3. The minimum Gasteiger partial charge on any atom is -0.381 e. The molecule has 0 atom stereocenters. The van der Waals surface area contributed by atoms with Crippen molar-refractivity contribution in [1.82, 2.24) is 15.2 Å². The first kappa shape index (κ1) is 17.0. The van der Waals surface area contributed by atoms with E-state index in [2.05, 4.69) is 20.5 Å². The number of aryl methyl sites for hydroxylation is 1. The molecule has 134 valence electrons. The molecular weight excluding hydrogens is 339 g/mol. The highest BCUT2D eigenvalue weighted by Gasteiger charge is 2.05. The number of fused-ring (bicyclic) bond motifs is 1. The number of H-pyrrole nitrogens is 1. The molecule has 27 heavy (non-hydrogen) atoms. The van der Waals surface area contributed by atoms with Gasteiger partial charge < -0.3 is 5.32 Å². The van der Waals surface area contributed by atoms with Crippen LogP contribution in [0.5, 0.6) is 0 Å². The second-order valence-corrected chi connectivity index (χ2v) is 6.45. The number of anilines is 1. The zero-order valence-corrected chi connectivity index (χ0v) is 14.9. The van der Waals surface area contributed by atoms with Crippen molar-refractivity contribution in [3.05, 3.63) is 89.1 Å². The summed E-state index contributed by atoms with van der Waals surface area (Å²) < 4.78 is 13.5. The topological polar surface area (TPSA) is 53.6 Å². The van der Waals surface area contributed by atoms with Crippen LogP contribution in [-0.4, -0.2) is 15.2 Å². The third-order valence-electron chi connectivity index (χ3n) is 4.29. The van der Waals surface area contributed by atoms with Gasteiger partial charge in [0, 0.05) is 23.8 Å². The predicted molar refractivity (Wildman–Crippen MR) is 108 cm³/mol. The molecule has 0 aliphatic rings. The van der Waals surface area contributed by atoms with E-state index in [1.165, 1.54) is 6.07 Å². The Hall–Kier alpha value is -3.47. The van der Waals surface area contributed by atoms with Crippen LogP contribution in [0, 0.1) is 12.7 Å². The van der Waals surface area contributed by atoms with Crippen LogP contribution in [0.15, 0.2) is 60.8 Å². The standard InChI is InChI=1S/C22H19FN4/c1-15-10-16(12-17(23)11-15)14-25-19-6-8-22-20(13-19)21(26-27-22)7-5-18-4-2-3-9-24-18/h2-13,25H,14H2,1H3,(H,26,27). The Morgan fingerprint density at radius 3 is 2.81 bits per heavy atom. The lowest BCUT2D eigenvalue weighted by Crippen LogP contribution is -2.00. The zero-order valence-electron chi connectivity index (χ0n) is 14.9. The lowest BCUT2D eigenvalue weighted by Gasteiger charge is -2.08. The van der Waals surface area contributed by atoms with Crippen LogP contribution in [0.1, 0.15) is 22.5 Å². The quantitative estimate of drug-likeness (QED) is 0.516. The summed E-state index contributed by atoms with van der Waals surface area (Å²) in [4.78, 5) is 4.29. The Morgan fingerprint density at radius 1 is 1.07 bits per heavy atom. The van der Waals surface area contributed by atoms with Crippen LogP contribution in [0.3, 0.4) is 0 Å². The molecule has 0 unspecified atom stereocenters. The van der Waals surface area contributed by atoms with Crippen LogP contribution in [0.2, 0.25) is 0 Å². The monoisotopic (exact) mass is 358 g/mol. The third kappa shape index (κ3) is 4.03. The number of rotatable bonds is 5. The van der Waals surface area contributed by atoms with E-state index in [4.69, 9.17) is 0 Å². The molecule has 0 aliphatic heterocycles. The molecule has 0 saturated carbocycles. The Morgan fingerprint density at radius 2 is 2.00 bits per heavy atom. The van der Waals surface area contributed by atoms with E-state index in [1.807, 2.05) is 61.5 Å². The van der Waals surface area contributed by atoms with Crippen LogP contribution in [-0.2, 0) is 6.54 Å². The lowest BCUT2D eigenvalue weighted by atomic mass is 10.1. The fourth-order valence-electron chi connectivity index (χ4n) is 3.03. The van der Waals surface area contributed by atoms with E-state index in [9.17, 15) is 4.39 Å². The minimum absolute atomic E-state index is 0.209. The van der Waals surface area contributed by atoms with Gasteiger partial charge in [-0.25, -0.2) is 4.39 Å². The van der Waals surface area contributed by atoms with E-state index in [0.717, 1.165) is 39.1 Å². The molecule has 0 radical (unpaired) electrons. The van der Waals surface area contributed by atoms with E-state index in [-0.39, 0.29) is 5.82 Å². The van der Waals surface area contributed by atoms with E-state index >= 15 is 0 Å². The van der Waals surface area contributed by atoms with Gasteiger partial charge >= 0.3 is 0 Å². The summed E-state index contributed by atoms with van der Waals surface area (Å²) in [6.45, 7) is 2.45. The summed E-state index contributed by atoms with van der Waals surface area (Å²) >= 11 is 0. The molecule has 0 fully saturated rings. The van der Waals surface area contributed by atoms with Crippen LogP contribution >= 0.6 is 0 Å². The van der Waals surface area contributed by atoms with Gasteiger partial charge in [0.05, 0.1) is 16.9 Å². The summed E-state index contributed by atoms with van der Waals surface area (Å²) in [6, 6.07) is 16.9. The molecule has 0 amide bonds. The van der Waals surface area contributed by atoms with Crippen molar-refractivity contribution in [3.8, 4) is 0 Å². The fraction of sp³-hybridized carbons (Fsp3) is 0.0909. The normalized spacial score (nSPS) is 11.3. The van der Waals surface area contributed by atoms with Crippen molar-refractivity contribution >= 4 is 28.7 Å². The molecular formula is C22H19FN4. The highest BCUT2D eigenvalue weighted by Crippen LogP contribution is 2.23. The summed E-state index contributed by atoms with van der Waals surface area (Å²) in [5, 5.41) is 11.8. The number of benzene rings is 2. The van der Waals surface area contributed by atoms with Crippen LogP contribution in [0.4, 0.5) is 10.1 Å². The van der Waals surface area contributed by atoms with Crippen molar-refractivity contribution in [2.24, 2.45) is 0 Å². The van der Waals surface area contributed by atoms with E-state index in [1.54, 1.807) is 12.3 Å². The number of halogens is 1. The molecule has 2 aromatic carbocycles. The lowest BCUT2D eigenvalue weighted by molar-refractivity contribution is 0.624. The Labute approximate surface area is 156 Å². The van der Waals surface area contributed by atoms with Gasteiger partial charge in [0.2, 0.25) is 0 Å². The molecule has 5 heteroatoms. The number of hydrogen-bond donors (Lipinski definition) is 2. The first-order valence-electron chi connectivity index (χ1n) is 8.74. The van der Waals surface area contributed by atoms with Gasteiger partial charge in [-0.15, -0.1) is 0 Å². The average Bonchev–Trinajstić information content (AvgIpc) is 3.07. The van der Waals surface area contributed by atoms with Crippen molar-refractivity contribution in [2.75, 3.05) is 5.32 Å². The summed E-state index contributed by atoms with van der Waals surface area (Å²) in [6.07, 6.45) is 5.64. The molecule has 4 aromatic rings. The second-order valence-electron chi connectivity index (χ2n) is 6.45. The first-order valence-corrected chi connectivity index (χ1v) is 8.74. The predicted octanol–water partition coefficient (Wildman–Crippen LogP) is 5.19. The Balaban J connectivity index is 1.55. The van der Waals surface area contributed by atoms with Crippen molar-refractivity contribution in [3.63, 3.8) is 0 Å². The third-order valence-corrected chi connectivity index (χ3v) is 4.29. The highest BCUT2D eigenvalue weighted by atomic mass is 19.1. The van der Waals surface area contributed by atoms with Gasteiger partial charge in [-0.1, -0.05) is 12.1 Å². The molecule has 0 bridgehead atoms. The maximum atomic E-state index is 13.5. The van der Waals surface area contributed by atoms with Crippen LogP contribution < -0.4 is 5.32 Å².